The first-order valence-electron chi connectivity index (χ1n) is 8.30. The second-order valence-electron chi connectivity index (χ2n) is 5.81. The number of hydrogen-bond acceptors (Lipinski definition) is 4. The van der Waals surface area contributed by atoms with Crippen LogP contribution in [0.3, 0.4) is 0 Å². The number of carbonyl (C=O) groups is 1. The minimum Gasteiger partial charge on any atom is -0.370 e. The molecule has 0 bridgehead atoms. The van der Waals surface area contributed by atoms with Crippen LogP contribution >= 0.6 is 0 Å². The lowest BCUT2D eigenvalue weighted by atomic mass is 10.1. The molecule has 1 amide bonds. The van der Waals surface area contributed by atoms with E-state index in [1.54, 1.807) is 19.1 Å². The van der Waals surface area contributed by atoms with Gasteiger partial charge in [-0.25, -0.2) is 14.4 Å². The molecule has 3 rings (SSSR count). The lowest BCUT2D eigenvalue weighted by Gasteiger charge is -2.09. The van der Waals surface area contributed by atoms with Crippen LogP contribution in [-0.4, -0.2) is 22.4 Å². The molecule has 6 heteroatoms. The predicted molar refractivity (Wildman–Crippen MR) is 99.8 cm³/mol. The van der Waals surface area contributed by atoms with Gasteiger partial charge < -0.3 is 10.6 Å². The molecule has 5 nitrogen and oxygen atoms in total. The summed E-state index contributed by atoms with van der Waals surface area (Å²) in [6, 6.07) is 17.4. The highest BCUT2D eigenvalue weighted by molar-refractivity contribution is 6.03. The maximum absolute atomic E-state index is 13.2. The largest absolute Gasteiger partial charge is 0.370 e. The molecule has 3 aromatic rings. The Morgan fingerprint density at radius 3 is 2.62 bits per heavy atom. The third-order valence-corrected chi connectivity index (χ3v) is 3.72. The zero-order valence-corrected chi connectivity index (χ0v) is 14.4. The van der Waals surface area contributed by atoms with Gasteiger partial charge in [0.05, 0.1) is 0 Å². The second-order valence-corrected chi connectivity index (χ2v) is 5.81. The maximum Gasteiger partial charge on any atom is 0.274 e. The molecule has 26 heavy (non-hydrogen) atoms. The van der Waals surface area contributed by atoms with Crippen LogP contribution in [0.1, 0.15) is 21.9 Å². The SMILES string of the molecule is Cc1nc(NCCc2ccccc2)cc(C(=O)Nc2cccc(F)c2)n1. The molecule has 0 saturated heterocycles. The average Bonchev–Trinajstić information content (AvgIpc) is 2.62. The van der Waals surface area contributed by atoms with Gasteiger partial charge in [0.1, 0.15) is 23.2 Å². The Balaban J connectivity index is 1.65. The third kappa shape index (κ3) is 4.86. The van der Waals surface area contributed by atoms with E-state index in [1.807, 2.05) is 18.2 Å². The minimum atomic E-state index is -0.412. The fourth-order valence-electron chi connectivity index (χ4n) is 2.52. The van der Waals surface area contributed by atoms with Crippen LogP contribution in [-0.2, 0) is 6.42 Å². The molecule has 0 aliphatic carbocycles. The zero-order chi connectivity index (χ0) is 18.4. The van der Waals surface area contributed by atoms with Gasteiger partial charge in [-0.3, -0.25) is 4.79 Å². The van der Waals surface area contributed by atoms with Crippen LogP contribution in [0.2, 0.25) is 0 Å². The quantitative estimate of drug-likeness (QED) is 0.709. The van der Waals surface area contributed by atoms with Crippen molar-refractivity contribution in [3.63, 3.8) is 0 Å². The third-order valence-electron chi connectivity index (χ3n) is 3.72. The highest BCUT2D eigenvalue weighted by Gasteiger charge is 2.11. The highest BCUT2D eigenvalue weighted by Crippen LogP contribution is 2.13. The van der Waals surface area contributed by atoms with Crippen LogP contribution in [0.5, 0.6) is 0 Å². The lowest BCUT2D eigenvalue weighted by molar-refractivity contribution is 0.102. The van der Waals surface area contributed by atoms with Gasteiger partial charge in [0, 0.05) is 18.3 Å². The number of rotatable bonds is 6. The standard InChI is InChI=1S/C20H19FN4O/c1-14-23-18(20(26)25-17-9-5-8-16(21)12-17)13-19(24-14)22-11-10-15-6-3-2-4-7-15/h2-9,12-13H,10-11H2,1H3,(H,25,26)(H,22,23,24). The second kappa shape index (κ2) is 8.20. The van der Waals surface area contributed by atoms with Crippen molar-refractivity contribution < 1.29 is 9.18 Å². The Kier molecular flexibility index (Phi) is 5.53. The van der Waals surface area contributed by atoms with E-state index in [9.17, 15) is 9.18 Å². The molecular weight excluding hydrogens is 331 g/mol. The number of amides is 1. The number of aromatic nitrogens is 2. The van der Waals surface area contributed by atoms with Gasteiger partial charge in [-0.05, 0) is 37.1 Å². The number of anilines is 2. The van der Waals surface area contributed by atoms with Crippen LogP contribution < -0.4 is 10.6 Å². The van der Waals surface area contributed by atoms with Gasteiger partial charge >= 0.3 is 0 Å². The van der Waals surface area contributed by atoms with Crippen molar-refractivity contribution in [2.75, 3.05) is 17.2 Å². The molecule has 0 unspecified atom stereocenters. The number of hydrogen-bond donors (Lipinski definition) is 2. The number of halogens is 1. The number of aryl methyl sites for hydroxylation is 1. The normalized spacial score (nSPS) is 10.4. The topological polar surface area (TPSA) is 66.9 Å². The van der Waals surface area contributed by atoms with E-state index in [1.165, 1.54) is 23.8 Å². The molecule has 0 spiro atoms. The number of nitrogens with one attached hydrogen (secondary N) is 2. The summed E-state index contributed by atoms with van der Waals surface area (Å²) >= 11 is 0. The van der Waals surface area contributed by atoms with Crippen molar-refractivity contribution in [3.8, 4) is 0 Å². The molecule has 0 radical (unpaired) electrons. The molecule has 2 N–H and O–H groups in total. The summed E-state index contributed by atoms with van der Waals surface area (Å²) < 4.78 is 13.2. The van der Waals surface area contributed by atoms with E-state index in [0.29, 0.717) is 23.9 Å². The predicted octanol–water partition coefficient (Wildman–Crippen LogP) is 3.83. The van der Waals surface area contributed by atoms with Gasteiger partial charge in [-0.15, -0.1) is 0 Å². The first-order chi connectivity index (χ1) is 12.6. The molecule has 0 aliphatic rings. The Morgan fingerprint density at radius 2 is 1.85 bits per heavy atom. The molecule has 132 valence electrons. The van der Waals surface area contributed by atoms with Crippen LogP contribution in [0.25, 0.3) is 0 Å². The van der Waals surface area contributed by atoms with Gasteiger partial charge in [0.2, 0.25) is 0 Å². The Morgan fingerprint density at radius 1 is 1.04 bits per heavy atom. The van der Waals surface area contributed by atoms with Crippen molar-refractivity contribution in [2.45, 2.75) is 13.3 Å². The fourth-order valence-corrected chi connectivity index (χ4v) is 2.52. The van der Waals surface area contributed by atoms with Crippen molar-refractivity contribution in [1.29, 1.82) is 0 Å². The summed E-state index contributed by atoms with van der Waals surface area (Å²) in [5.41, 5.74) is 1.82. The van der Waals surface area contributed by atoms with E-state index in [-0.39, 0.29) is 5.69 Å². The van der Waals surface area contributed by atoms with Crippen molar-refractivity contribution in [2.24, 2.45) is 0 Å². The molecule has 0 atom stereocenters. The van der Waals surface area contributed by atoms with E-state index < -0.39 is 11.7 Å². The molecular formula is C20H19FN4O. The average molecular weight is 350 g/mol. The first kappa shape index (κ1) is 17.5. The van der Waals surface area contributed by atoms with E-state index in [2.05, 4.69) is 32.7 Å². The molecule has 1 heterocycles. The van der Waals surface area contributed by atoms with Gasteiger partial charge in [-0.1, -0.05) is 36.4 Å². The van der Waals surface area contributed by atoms with E-state index in [0.717, 1.165) is 6.42 Å². The Bertz CT molecular complexity index is 899. The van der Waals surface area contributed by atoms with E-state index >= 15 is 0 Å². The summed E-state index contributed by atoms with van der Waals surface area (Å²) in [7, 11) is 0. The number of carbonyl (C=O) groups excluding carboxylic acids is 1. The van der Waals surface area contributed by atoms with E-state index in [4.69, 9.17) is 0 Å². The summed E-state index contributed by atoms with van der Waals surface area (Å²) in [6.07, 6.45) is 0.842. The van der Waals surface area contributed by atoms with Crippen molar-refractivity contribution in [3.05, 3.63) is 83.6 Å². The monoisotopic (exact) mass is 350 g/mol. The Labute approximate surface area is 151 Å². The maximum atomic E-state index is 13.2. The summed E-state index contributed by atoms with van der Waals surface area (Å²) in [5, 5.41) is 5.85. The molecule has 0 aliphatic heterocycles. The van der Waals surface area contributed by atoms with Crippen LogP contribution in [0.15, 0.2) is 60.7 Å². The summed E-state index contributed by atoms with van der Waals surface area (Å²) in [6.45, 7) is 2.41. The van der Waals surface area contributed by atoms with Gasteiger partial charge in [-0.2, -0.15) is 0 Å². The smallest absolute Gasteiger partial charge is 0.274 e. The number of benzene rings is 2. The summed E-state index contributed by atoms with van der Waals surface area (Å²) in [5.74, 6) is 0.245. The molecule has 0 saturated carbocycles. The molecule has 0 fully saturated rings. The van der Waals surface area contributed by atoms with Crippen LogP contribution in [0, 0.1) is 12.7 Å². The number of nitrogens with zero attached hydrogens (tertiary/aromatic N) is 2. The minimum absolute atomic E-state index is 0.226. The first-order valence-corrected chi connectivity index (χ1v) is 8.30. The Hall–Kier alpha value is -3.28. The molecule has 1 aromatic heterocycles. The summed E-state index contributed by atoms with van der Waals surface area (Å²) in [4.78, 5) is 20.8. The van der Waals surface area contributed by atoms with Crippen LogP contribution in [0.4, 0.5) is 15.9 Å². The van der Waals surface area contributed by atoms with Crippen molar-refractivity contribution in [1.82, 2.24) is 9.97 Å². The lowest BCUT2D eigenvalue weighted by Crippen LogP contribution is -2.16. The van der Waals surface area contributed by atoms with Gasteiger partial charge in [0.25, 0.3) is 5.91 Å². The van der Waals surface area contributed by atoms with Gasteiger partial charge in [0.15, 0.2) is 0 Å². The highest BCUT2D eigenvalue weighted by atomic mass is 19.1. The zero-order valence-electron chi connectivity index (χ0n) is 14.4. The molecule has 2 aromatic carbocycles. The van der Waals surface area contributed by atoms with Crippen molar-refractivity contribution >= 4 is 17.4 Å². The fraction of sp³-hybridized carbons (Fsp3) is 0.150.